The van der Waals surface area contributed by atoms with E-state index in [0.29, 0.717) is 11.7 Å². The lowest BCUT2D eigenvalue weighted by Gasteiger charge is -2.34. The average Bonchev–Trinajstić information content (AvgIpc) is 3.14. The Morgan fingerprint density at radius 1 is 1.21 bits per heavy atom. The number of anilines is 1. The highest BCUT2D eigenvalue weighted by Gasteiger charge is 2.24. The van der Waals surface area contributed by atoms with Crippen molar-refractivity contribution in [3.05, 3.63) is 42.5 Å². The fourth-order valence-electron chi connectivity index (χ4n) is 3.44. The summed E-state index contributed by atoms with van der Waals surface area (Å²) in [5, 5.41) is 4.92. The largest absolute Gasteiger partial charge is 0.441 e. The highest BCUT2D eigenvalue weighted by molar-refractivity contribution is 14.1. The van der Waals surface area contributed by atoms with E-state index >= 15 is 0 Å². The molecule has 3 aromatic rings. The van der Waals surface area contributed by atoms with Gasteiger partial charge in [0.25, 0.3) is 0 Å². The number of fused-ring (bicyclic) bond motifs is 1. The monoisotopic (exact) mass is 491 g/mol. The molecule has 0 bridgehead atoms. The number of halogens is 1. The van der Waals surface area contributed by atoms with Crippen molar-refractivity contribution in [2.75, 3.05) is 25.5 Å². The van der Waals surface area contributed by atoms with Gasteiger partial charge in [0.2, 0.25) is 0 Å². The molecule has 2 aromatic heterocycles. The first-order valence-electron chi connectivity index (χ1n) is 9.27. The molecule has 0 unspecified atom stereocenters. The van der Waals surface area contributed by atoms with Crippen LogP contribution in [0.1, 0.15) is 18.7 Å². The van der Waals surface area contributed by atoms with E-state index in [4.69, 9.17) is 4.42 Å². The number of rotatable bonds is 3. The van der Waals surface area contributed by atoms with Gasteiger partial charge in [-0.3, -0.25) is 5.32 Å². The van der Waals surface area contributed by atoms with E-state index in [1.54, 1.807) is 17.3 Å². The number of aryl methyl sites for hydroxylation is 1. The normalized spacial score (nSPS) is 15.7. The second-order valence-corrected chi connectivity index (χ2v) is 8.42. The maximum absolute atomic E-state index is 12.7. The van der Waals surface area contributed by atoms with Gasteiger partial charge in [-0.1, -0.05) is 12.1 Å². The number of nitrogens with one attached hydrogen (secondary N) is 1. The van der Waals surface area contributed by atoms with Gasteiger partial charge >= 0.3 is 6.03 Å². The summed E-state index contributed by atoms with van der Waals surface area (Å²) in [5.41, 5.74) is 0.944. The molecule has 0 radical (unpaired) electrons. The Morgan fingerprint density at radius 3 is 2.71 bits per heavy atom. The van der Waals surface area contributed by atoms with E-state index in [9.17, 15) is 4.79 Å². The molecule has 1 saturated heterocycles. The van der Waals surface area contributed by atoms with Crippen LogP contribution in [0.5, 0.6) is 0 Å². The molecule has 4 rings (SSSR count). The van der Waals surface area contributed by atoms with Crippen molar-refractivity contribution in [2.24, 2.45) is 0 Å². The molecule has 0 atom stereocenters. The molecule has 3 heterocycles. The number of pyridine rings is 1. The van der Waals surface area contributed by atoms with Gasteiger partial charge in [0, 0.05) is 73.1 Å². The van der Waals surface area contributed by atoms with Crippen LogP contribution in [0.15, 0.2) is 41.1 Å². The summed E-state index contributed by atoms with van der Waals surface area (Å²) in [7, 11) is 1.86. The van der Waals surface area contributed by atoms with Gasteiger partial charge in [-0.15, -0.1) is 0 Å². The number of nitrogens with zero attached hydrogens (tertiary/aromatic N) is 4. The number of carbonyl (C=O) groups excluding carboxylic acids is 1. The van der Waals surface area contributed by atoms with Crippen LogP contribution in [0, 0.1) is 6.92 Å². The molecular weight excluding hydrogens is 469 g/mol. The Balaban J connectivity index is 1.51. The van der Waals surface area contributed by atoms with Gasteiger partial charge in [0.15, 0.2) is 11.7 Å². The third-order valence-corrected chi connectivity index (χ3v) is 6.11. The van der Waals surface area contributed by atoms with Crippen molar-refractivity contribution in [3.63, 3.8) is 0 Å². The number of aromatic nitrogens is 2. The summed E-state index contributed by atoms with van der Waals surface area (Å²) < 4.78 is 7.87. The Labute approximate surface area is 177 Å². The third-order valence-electron chi connectivity index (χ3n) is 5.14. The maximum Gasteiger partial charge on any atom is 0.323 e. The maximum atomic E-state index is 12.7. The molecule has 0 saturated carbocycles. The minimum atomic E-state index is -0.124. The van der Waals surface area contributed by atoms with Crippen LogP contribution in [0.2, 0.25) is 0 Å². The first kappa shape index (κ1) is 19.1. The molecule has 7 nitrogen and oxygen atoms in total. The lowest BCUT2D eigenvalue weighted by Crippen LogP contribution is -2.45. The van der Waals surface area contributed by atoms with Crippen LogP contribution < -0.4 is 5.32 Å². The SMILES string of the molecule is Cc1ncc(-c2ccc3cnc(NC(=O)N(C)C4CCN(I)CC4)cc3c2)o1. The van der Waals surface area contributed by atoms with Crippen molar-refractivity contribution in [1.29, 1.82) is 0 Å². The predicted octanol–water partition coefficient (Wildman–Crippen LogP) is 4.48. The van der Waals surface area contributed by atoms with E-state index in [0.717, 1.165) is 48.0 Å². The molecular formula is C20H22IN5O2. The number of hydrogen-bond acceptors (Lipinski definition) is 5. The van der Waals surface area contributed by atoms with E-state index in [2.05, 4.69) is 41.3 Å². The minimum Gasteiger partial charge on any atom is -0.441 e. The second kappa shape index (κ2) is 8.04. The Bertz CT molecular complexity index is 997. The standard InChI is InChI=1S/C20H22IN5O2/c1-13-22-12-18(28-13)14-3-4-15-11-23-19(10-16(15)9-14)24-20(27)25(2)17-5-7-26(21)8-6-17/h3-4,9-12,17H,5-8H2,1-2H3,(H,23,24,27). The lowest BCUT2D eigenvalue weighted by molar-refractivity contribution is 0.180. The van der Waals surface area contributed by atoms with Crippen LogP contribution in [0.3, 0.4) is 0 Å². The molecule has 2 amide bonds. The van der Waals surface area contributed by atoms with Crippen LogP contribution in [0.25, 0.3) is 22.1 Å². The number of amides is 2. The number of oxazole rings is 1. The zero-order valence-corrected chi connectivity index (χ0v) is 18.0. The fourth-order valence-corrected chi connectivity index (χ4v) is 4.00. The quantitative estimate of drug-likeness (QED) is 0.432. The van der Waals surface area contributed by atoms with E-state index < -0.39 is 0 Å². The smallest absolute Gasteiger partial charge is 0.323 e. The summed E-state index contributed by atoms with van der Waals surface area (Å²) in [4.78, 5) is 23.0. The number of hydrogen-bond donors (Lipinski definition) is 1. The summed E-state index contributed by atoms with van der Waals surface area (Å²) in [6.45, 7) is 3.82. The highest BCUT2D eigenvalue weighted by atomic mass is 127. The van der Waals surface area contributed by atoms with E-state index in [1.165, 1.54) is 0 Å². The van der Waals surface area contributed by atoms with Gasteiger partial charge in [-0.25, -0.2) is 17.9 Å². The molecule has 146 valence electrons. The van der Waals surface area contributed by atoms with Crippen molar-refractivity contribution in [2.45, 2.75) is 25.8 Å². The molecule has 1 fully saturated rings. The molecule has 1 aromatic carbocycles. The molecule has 0 spiro atoms. The zero-order valence-electron chi connectivity index (χ0n) is 15.9. The summed E-state index contributed by atoms with van der Waals surface area (Å²) in [6.07, 6.45) is 5.46. The van der Waals surface area contributed by atoms with Gasteiger partial charge in [0.1, 0.15) is 5.82 Å². The summed E-state index contributed by atoms with van der Waals surface area (Å²) >= 11 is 2.34. The van der Waals surface area contributed by atoms with Crippen LogP contribution in [0.4, 0.5) is 10.6 Å². The Hall–Kier alpha value is -2.20. The fraction of sp³-hybridized carbons (Fsp3) is 0.350. The molecule has 0 aliphatic carbocycles. The zero-order chi connectivity index (χ0) is 19.7. The van der Waals surface area contributed by atoms with E-state index in [-0.39, 0.29) is 12.1 Å². The van der Waals surface area contributed by atoms with Gasteiger partial charge < -0.3 is 9.32 Å². The average molecular weight is 491 g/mol. The number of benzene rings is 1. The Kier molecular flexibility index (Phi) is 5.49. The van der Waals surface area contributed by atoms with Crippen LogP contribution in [-0.2, 0) is 0 Å². The third kappa shape index (κ3) is 4.12. The molecule has 8 heteroatoms. The highest BCUT2D eigenvalue weighted by Crippen LogP contribution is 2.26. The topological polar surface area (TPSA) is 74.5 Å². The van der Waals surface area contributed by atoms with Crippen molar-refractivity contribution >= 4 is 45.5 Å². The number of urea groups is 1. The van der Waals surface area contributed by atoms with Crippen LogP contribution in [-0.4, -0.2) is 50.2 Å². The molecule has 28 heavy (non-hydrogen) atoms. The summed E-state index contributed by atoms with van der Waals surface area (Å²) in [6, 6.07) is 8.02. The van der Waals surface area contributed by atoms with Crippen LogP contribution >= 0.6 is 22.9 Å². The minimum absolute atomic E-state index is 0.124. The molecule has 1 aliphatic rings. The van der Waals surface area contributed by atoms with Crippen molar-refractivity contribution in [1.82, 2.24) is 18.0 Å². The predicted molar refractivity (Wildman–Crippen MR) is 117 cm³/mol. The lowest BCUT2D eigenvalue weighted by atomic mass is 10.1. The number of carbonyl (C=O) groups is 1. The van der Waals surface area contributed by atoms with Gasteiger partial charge in [0.05, 0.1) is 6.20 Å². The van der Waals surface area contributed by atoms with Crippen molar-refractivity contribution < 1.29 is 9.21 Å². The second-order valence-electron chi connectivity index (χ2n) is 7.06. The first-order chi connectivity index (χ1) is 13.5. The van der Waals surface area contributed by atoms with Gasteiger partial charge in [-0.2, -0.15) is 0 Å². The van der Waals surface area contributed by atoms with E-state index in [1.807, 2.05) is 38.2 Å². The first-order valence-corrected chi connectivity index (χ1v) is 10.2. The van der Waals surface area contributed by atoms with Crippen molar-refractivity contribution in [3.8, 4) is 11.3 Å². The molecule has 1 N–H and O–H groups in total. The van der Waals surface area contributed by atoms with Gasteiger partial charge in [-0.05, 0) is 30.4 Å². The summed E-state index contributed by atoms with van der Waals surface area (Å²) in [5.74, 6) is 1.90. The Morgan fingerprint density at radius 2 is 2.00 bits per heavy atom. The molecule has 1 aliphatic heterocycles. The number of piperidine rings is 1.